The number of nitrogens with one attached hydrogen (secondary N) is 1. The third kappa shape index (κ3) is 2.11. The van der Waals surface area contributed by atoms with Gasteiger partial charge in [0.15, 0.2) is 0 Å². The van der Waals surface area contributed by atoms with Crippen LogP contribution in [0.15, 0.2) is 24.3 Å². The first kappa shape index (κ1) is 12.0. The number of hydrogen-bond donors (Lipinski definition) is 2. The van der Waals surface area contributed by atoms with Crippen molar-refractivity contribution >= 4 is 0 Å². The molecule has 2 N–H and O–H groups in total. The van der Waals surface area contributed by atoms with Gasteiger partial charge in [-0.1, -0.05) is 12.1 Å². The quantitative estimate of drug-likeness (QED) is 0.822. The average Bonchev–Trinajstić information content (AvgIpc) is 2.38. The Balaban J connectivity index is 1.89. The first-order chi connectivity index (χ1) is 8.69. The van der Waals surface area contributed by atoms with Crippen LogP contribution in [0.25, 0.3) is 0 Å². The molecule has 98 valence electrons. The van der Waals surface area contributed by atoms with Crippen LogP contribution in [0.5, 0.6) is 5.75 Å². The number of hydrogen-bond acceptors (Lipinski definition) is 4. The molecule has 0 radical (unpaired) electrons. The van der Waals surface area contributed by atoms with E-state index >= 15 is 0 Å². The minimum atomic E-state index is -0.765. The molecule has 4 nitrogen and oxygen atoms in total. The summed E-state index contributed by atoms with van der Waals surface area (Å²) in [7, 11) is 1.65. The highest BCUT2D eigenvalue weighted by Crippen LogP contribution is 2.37. The Hall–Kier alpha value is -1.10. The van der Waals surface area contributed by atoms with Gasteiger partial charge in [0.05, 0.1) is 25.9 Å². The predicted octanol–water partition coefficient (Wildman–Crippen LogP) is 1.03. The third-order valence-electron chi connectivity index (χ3n) is 3.88. The maximum Gasteiger partial charge on any atom is 0.119 e. The van der Waals surface area contributed by atoms with E-state index in [-0.39, 0.29) is 12.1 Å². The van der Waals surface area contributed by atoms with Crippen LogP contribution in [-0.2, 0) is 10.3 Å². The summed E-state index contributed by atoms with van der Waals surface area (Å²) in [4.78, 5) is 0. The molecule has 0 saturated carbocycles. The van der Waals surface area contributed by atoms with E-state index in [1.54, 1.807) is 7.11 Å². The van der Waals surface area contributed by atoms with Crippen molar-refractivity contribution in [3.8, 4) is 5.75 Å². The van der Waals surface area contributed by atoms with Crippen molar-refractivity contribution in [1.29, 1.82) is 0 Å². The van der Waals surface area contributed by atoms with Crippen LogP contribution >= 0.6 is 0 Å². The molecule has 0 aliphatic carbocycles. The van der Waals surface area contributed by atoms with Crippen molar-refractivity contribution in [2.24, 2.45) is 0 Å². The number of benzene rings is 1. The molecule has 0 aromatic heterocycles. The smallest absolute Gasteiger partial charge is 0.119 e. The van der Waals surface area contributed by atoms with Crippen molar-refractivity contribution in [3.05, 3.63) is 29.8 Å². The second-order valence-corrected chi connectivity index (χ2v) is 5.27. The molecule has 2 saturated heterocycles. The van der Waals surface area contributed by atoms with E-state index in [0.717, 1.165) is 11.3 Å². The molecule has 0 amide bonds. The van der Waals surface area contributed by atoms with Gasteiger partial charge in [-0.25, -0.2) is 0 Å². The summed E-state index contributed by atoms with van der Waals surface area (Å²) in [6, 6.07) is 8.23. The van der Waals surface area contributed by atoms with Gasteiger partial charge in [-0.15, -0.1) is 0 Å². The zero-order valence-electron chi connectivity index (χ0n) is 10.6. The molecule has 2 aliphatic rings. The van der Waals surface area contributed by atoms with Crippen molar-refractivity contribution in [2.45, 2.75) is 30.5 Å². The molecule has 0 spiro atoms. The lowest BCUT2D eigenvalue weighted by molar-refractivity contribution is -0.0802. The topological polar surface area (TPSA) is 50.7 Å². The molecule has 3 rings (SSSR count). The summed E-state index contributed by atoms with van der Waals surface area (Å²) in [6.07, 6.45) is 1.38. The molecule has 2 atom stereocenters. The molecule has 4 heteroatoms. The fourth-order valence-corrected chi connectivity index (χ4v) is 3.06. The Bertz CT molecular complexity index is 423. The minimum absolute atomic E-state index is 0.244. The zero-order valence-corrected chi connectivity index (χ0v) is 10.6. The third-order valence-corrected chi connectivity index (χ3v) is 3.88. The van der Waals surface area contributed by atoms with E-state index in [4.69, 9.17) is 9.47 Å². The molecule has 18 heavy (non-hydrogen) atoms. The van der Waals surface area contributed by atoms with Gasteiger partial charge in [0.2, 0.25) is 0 Å². The molecular formula is C14H19NO3. The van der Waals surface area contributed by atoms with Gasteiger partial charge in [-0.3, -0.25) is 0 Å². The summed E-state index contributed by atoms with van der Waals surface area (Å²) in [5, 5.41) is 14.4. The lowest BCUT2D eigenvalue weighted by Gasteiger charge is -2.45. The largest absolute Gasteiger partial charge is 0.497 e. The van der Waals surface area contributed by atoms with Crippen LogP contribution in [0, 0.1) is 0 Å². The maximum atomic E-state index is 10.9. The van der Waals surface area contributed by atoms with E-state index in [2.05, 4.69) is 5.32 Å². The van der Waals surface area contributed by atoms with Gasteiger partial charge in [0.1, 0.15) is 5.75 Å². The Morgan fingerprint density at radius 3 is 2.72 bits per heavy atom. The van der Waals surface area contributed by atoms with Gasteiger partial charge in [-0.2, -0.15) is 0 Å². The number of morpholine rings is 1. The molecule has 1 aromatic rings. The van der Waals surface area contributed by atoms with Gasteiger partial charge >= 0.3 is 0 Å². The second-order valence-electron chi connectivity index (χ2n) is 5.27. The number of rotatable bonds is 2. The second kappa shape index (κ2) is 4.53. The van der Waals surface area contributed by atoms with E-state index < -0.39 is 5.60 Å². The fraction of sp³-hybridized carbons (Fsp3) is 0.571. The van der Waals surface area contributed by atoms with Crippen molar-refractivity contribution < 1.29 is 14.6 Å². The van der Waals surface area contributed by atoms with E-state index in [1.165, 1.54) is 0 Å². The first-order valence-electron chi connectivity index (χ1n) is 6.40. The highest BCUT2D eigenvalue weighted by molar-refractivity contribution is 5.33. The van der Waals surface area contributed by atoms with E-state index in [1.807, 2.05) is 24.3 Å². The molecule has 2 aliphatic heterocycles. The lowest BCUT2D eigenvalue weighted by Crippen LogP contribution is -2.58. The average molecular weight is 249 g/mol. The van der Waals surface area contributed by atoms with E-state index in [0.29, 0.717) is 26.1 Å². The molecule has 2 fully saturated rings. The number of fused-ring (bicyclic) bond motifs is 2. The molecular weight excluding hydrogens is 230 g/mol. The number of ether oxygens (including phenoxy) is 2. The monoisotopic (exact) mass is 249 g/mol. The molecule has 2 bridgehead atoms. The molecule has 2 unspecified atom stereocenters. The van der Waals surface area contributed by atoms with Crippen LogP contribution < -0.4 is 10.1 Å². The normalized spacial score (nSPS) is 35.2. The van der Waals surface area contributed by atoms with E-state index in [9.17, 15) is 5.11 Å². The first-order valence-corrected chi connectivity index (χ1v) is 6.40. The number of methoxy groups -OCH3 is 1. The highest BCUT2D eigenvalue weighted by atomic mass is 16.5. The molecule has 1 aromatic carbocycles. The Morgan fingerprint density at radius 2 is 2.06 bits per heavy atom. The van der Waals surface area contributed by atoms with Crippen molar-refractivity contribution in [3.63, 3.8) is 0 Å². The van der Waals surface area contributed by atoms with Gasteiger partial charge in [-0.05, 0) is 30.5 Å². The Labute approximate surface area is 107 Å². The zero-order chi connectivity index (χ0) is 12.6. The van der Waals surface area contributed by atoms with Gasteiger partial charge in [0.25, 0.3) is 0 Å². The summed E-state index contributed by atoms with van der Waals surface area (Å²) < 4.78 is 10.7. The summed E-state index contributed by atoms with van der Waals surface area (Å²) in [5.74, 6) is 0.792. The van der Waals surface area contributed by atoms with Crippen LogP contribution in [-0.4, -0.2) is 37.5 Å². The number of aliphatic hydroxyl groups is 1. The lowest BCUT2D eigenvalue weighted by atomic mass is 9.78. The predicted molar refractivity (Wildman–Crippen MR) is 67.7 cm³/mol. The summed E-state index contributed by atoms with van der Waals surface area (Å²) in [5.41, 5.74) is 0.180. The van der Waals surface area contributed by atoms with Crippen molar-refractivity contribution in [1.82, 2.24) is 5.32 Å². The standard InChI is InChI=1S/C14H19NO3/c1-17-13-4-2-3-10(5-13)14(16)6-11-8-18-9-12(7-14)15-11/h2-5,11-12,15-16H,6-9H2,1H3. The fourth-order valence-electron chi connectivity index (χ4n) is 3.06. The Morgan fingerprint density at radius 1 is 1.33 bits per heavy atom. The SMILES string of the molecule is COc1cccc(C2(O)CC3COCC(C2)N3)c1. The van der Waals surface area contributed by atoms with Crippen LogP contribution in [0.2, 0.25) is 0 Å². The Kier molecular flexibility index (Phi) is 3.01. The van der Waals surface area contributed by atoms with Crippen LogP contribution in [0.1, 0.15) is 18.4 Å². The van der Waals surface area contributed by atoms with Gasteiger partial charge < -0.3 is 19.9 Å². The minimum Gasteiger partial charge on any atom is -0.497 e. The van der Waals surface area contributed by atoms with Gasteiger partial charge in [0, 0.05) is 12.1 Å². The molecule has 2 heterocycles. The summed E-state index contributed by atoms with van der Waals surface area (Å²) in [6.45, 7) is 1.37. The van der Waals surface area contributed by atoms with Crippen LogP contribution in [0.3, 0.4) is 0 Å². The van der Waals surface area contributed by atoms with Crippen LogP contribution in [0.4, 0.5) is 0 Å². The highest BCUT2D eigenvalue weighted by Gasteiger charge is 2.42. The summed E-state index contributed by atoms with van der Waals surface area (Å²) >= 11 is 0. The van der Waals surface area contributed by atoms with Crippen molar-refractivity contribution in [2.75, 3.05) is 20.3 Å². The number of piperidine rings is 1. The maximum absolute atomic E-state index is 10.9.